The number of nitrogens with zero attached hydrogens (tertiary/aromatic N) is 2. The number of fused-ring (bicyclic) bond motifs is 1. The molecule has 1 atom stereocenters. The lowest BCUT2D eigenvalue weighted by molar-refractivity contribution is 0.253. The first-order valence-electron chi connectivity index (χ1n) is 5.43. The lowest BCUT2D eigenvalue weighted by atomic mass is 10.0. The highest BCUT2D eigenvalue weighted by Gasteiger charge is 2.26. The van der Waals surface area contributed by atoms with Gasteiger partial charge in [0.05, 0.1) is 6.54 Å². The summed E-state index contributed by atoms with van der Waals surface area (Å²) in [6.45, 7) is 6.17. The van der Waals surface area contributed by atoms with Crippen molar-refractivity contribution in [2.24, 2.45) is 0 Å². The quantitative estimate of drug-likeness (QED) is 0.715. The number of hydrogen-bond donors (Lipinski definition) is 0. The minimum atomic E-state index is -0.0358. The van der Waals surface area contributed by atoms with Gasteiger partial charge in [0.25, 0.3) is 5.56 Å². The first-order chi connectivity index (χ1) is 7.60. The molecule has 0 aliphatic carbocycles. The molecule has 0 spiro atoms. The highest BCUT2D eigenvalue weighted by Crippen LogP contribution is 2.27. The Balaban J connectivity index is 2.81. The molecule has 0 unspecified atom stereocenters. The van der Waals surface area contributed by atoms with Crippen LogP contribution in [-0.2, 0) is 13.0 Å². The van der Waals surface area contributed by atoms with Crippen molar-refractivity contribution in [3.8, 4) is 11.9 Å². The van der Waals surface area contributed by atoms with Crippen molar-refractivity contribution in [3.63, 3.8) is 0 Å². The van der Waals surface area contributed by atoms with E-state index in [1.807, 2.05) is 20.8 Å². The number of rotatable bonds is 1. The summed E-state index contributed by atoms with van der Waals surface area (Å²) < 4.78 is 7.11. The van der Waals surface area contributed by atoms with E-state index in [-0.39, 0.29) is 11.7 Å². The van der Waals surface area contributed by atoms with Gasteiger partial charge in [-0.2, -0.15) is 5.26 Å². The van der Waals surface area contributed by atoms with Crippen LogP contribution in [0.5, 0.6) is 5.88 Å². The Morgan fingerprint density at radius 3 is 2.88 bits per heavy atom. The lowest BCUT2D eigenvalue weighted by Crippen LogP contribution is -2.24. The summed E-state index contributed by atoms with van der Waals surface area (Å²) in [5.41, 5.74) is 1.97. The molecule has 1 aliphatic heterocycles. The van der Waals surface area contributed by atoms with Gasteiger partial charge in [-0.3, -0.25) is 9.36 Å². The molecule has 16 heavy (non-hydrogen) atoms. The predicted octanol–water partition coefficient (Wildman–Crippen LogP) is 1.37. The van der Waals surface area contributed by atoms with E-state index in [2.05, 4.69) is 6.07 Å². The van der Waals surface area contributed by atoms with Crippen molar-refractivity contribution in [2.45, 2.75) is 39.8 Å². The van der Waals surface area contributed by atoms with Gasteiger partial charge < -0.3 is 4.74 Å². The number of aromatic nitrogens is 1. The molecule has 1 aromatic heterocycles. The Hall–Kier alpha value is -1.76. The second kappa shape index (κ2) is 3.67. The molecule has 0 aromatic carbocycles. The van der Waals surface area contributed by atoms with Gasteiger partial charge in [-0.15, -0.1) is 0 Å². The average molecular weight is 218 g/mol. The van der Waals surface area contributed by atoms with Crippen molar-refractivity contribution < 1.29 is 4.74 Å². The Labute approximate surface area is 94.1 Å². The third-order valence-corrected chi connectivity index (χ3v) is 3.01. The summed E-state index contributed by atoms with van der Waals surface area (Å²) in [6, 6.07) is 2.13. The van der Waals surface area contributed by atoms with Crippen LogP contribution in [0.3, 0.4) is 0 Å². The van der Waals surface area contributed by atoms with Crippen LogP contribution >= 0.6 is 0 Å². The Morgan fingerprint density at radius 1 is 1.62 bits per heavy atom. The van der Waals surface area contributed by atoms with Crippen molar-refractivity contribution in [1.82, 2.24) is 4.57 Å². The molecule has 0 bridgehead atoms. The standard InChI is InChI=1S/C12H14N2O2/c1-4-9-8(3)10(5-13)12-14(11(9)15)6-7(2)16-12/h7H,4,6H2,1-3H3/t7-/m1/s1. The van der Waals surface area contributed by atoms with E-state index in [0.717, 1.165) is 11.1 Å². The Morgan fingerprint density at radius 2 is 2.31 bits per heavy atom. The summed E-state index contributed by atoms with van der Waals surface area (Å²) in [5, 5.41) is 9.13. The third kappa shape index (κ3) is 1.32. The topological polar surface area (TPSA) is 55.0 Å². The van der Waals surface area contributed by atoms with Gasteiger partial charge in [0.1, 0.15) is 17.7 Å². The number of pyridine rings is 1. The number of ether oxygens (including phenoxy) is 1. The fourth-order valence-electron chi connectivity index (χ4n) is 2.18. The molecule has 1 aromatic rings. The van der Waals surface area contributed by atoms with E-state index < -0.39 is 0 Å². The summed E-state index contributed by atoms with van der Waals surface area (Å²) in [4.78, 5) is 12.1. The summed E-state index contributed by atoms with van der Waals surface area (Å²) >= 11 is 0. The van der Waals surface area contributed by atoms with Crippen LogP contribution in [0.25, 0.3) is 0 Å². The number of hydrogen-bond acceptors (Lipinski definition) is 3. The molecule has 1 aliphatic rings. The predicted molar refractivity (Wildman–Crippen MR) is 59.6 cm³/mol. The SMILES string of the molecule is CCc1c(C)c(C#N)c2n(c1=O)C[C@@H](C)O2. The summed E-state index contributed by atoms with van der Waals surface area (Å²) in [5.74, 6) is 0.440. The Kier molecular flexibility index (Phi) is 2.47. The third-order valence-electron chi connectivity index (χ3n) is 3.01. The smallest absolute Gasteiger partial charge is 0.256 e. The van der Waals surface area contributed by atoms with Crippen LogP contribution in [0, 0.1) is 18.3 Å². The minimum Gasteiger partial charge on any atom is -0.473 e. The molecule has 0 saturated carbocycles. The zero-order chi connectivity index (χ0) is 11.9. The van der Waals surface area contributed by atoms with Crippen molar-refractivity contribution in [3.05, 3.63) is 27.0 Å². The highest BCUT2D eigenvalue weighted by molar-refractivity contribution is 5.49. The van der Waals surface area contributed by atoms with E-state index in [1.165, 1.54) is 0 Å². The molecule has 84 valence electrons. The van der Waals surface area contributed by atoms with Gasteiger partial charge in [-0.1, -0.05) is 6.92 Å². The van der Waals surface area contributed by atoms with Crippen LogP contribution in [0.4, 0.5) is 0 Å². The van der Waals surface area contributed by atoms with Crippen LogP contribution < -0.4 is 10.3 Å². The fraction of sp³-hybridized carbons (Fsp3) is 0.500. The van der Waals surface area contributed by atoms with E-state index in [0.29, 0.717) is 24.4 Å². The molecule has 4 nitrogen and oxygen atoms in total. The average Bonchev–Trinajstić information content (AvgIpc) is 2.62. The molecular formula is C12H14N2O2. The van der Waals surface area contributed by atoms with Crippen LogP contribution in [0.1, 0.15) is 30.5 Å². The zero-order valence-corrected chi connectivity index (χ0v) is 9.70. The van der Waals surface area contributed by atoms with Crippen LogP contribution in [0.15, 0.2) is 4.79 Å². The number of nitriles is 1. The second-order valence-corrected chi connectivity index (χ2v) is 4.09. The molecule has 0 fully saturated rings. The highest BCUT2D eigenvalue weighted by atomic mass is 16.5. The maximum Gasteiger partial charge on any atom is 0.256 e. The summed E-state index contributed by atoms with van der Waals surface area (Å²) in [6.07, 6.45) is 0.611. The summed E-state index contributed by atoms with van der Waals surface area (Å²) in [7, 11) is 0. The van der Waals surface area contributed by atoms with Gasteiger partial charge in [-0.25, -0.2) is 0 Å². The Bertz CT molecular complexity index is 537. The maximum absolute atomic E-state index is 12.1. The van der Waals surface area contributed by atoms with Gasteiger partial charge >= 0.3 is 0 Å². The van der Waals surface area contributed by atoms with Gasteiger partial charge in [0.15, 0.2) is 0 Å². The van der Waals surface area contributed by atoms with Crippen molar-refractivity contribution >= 4 is 0 Å². The second-order valence-electron chi connectivity index (χ2n) is 4.09. The molecular weight excluding hydrogens is 204 g/mol. The van der Waals surface area contributed by atoms with Gasteiger partial charge in [-0.05, 0) is 25.8 Å². The fourth-order valence-corrected chi connectivity index (χ4v) is 2.18. The van der Waals surface area contributed by atoms with E-state index in [9.17, 15) is 4.79 Å². The van der Waals surface area contributed by atoms with E-state index >= 15 is 0 Å². The minimum absolute atomic E-state index is 0.0154. The van der Waals surface area contributed by atoms with Gasteiger partial charge in [0.2, 0.25) is 5.88 Å². The van der Waals surface area contributed by atoms with Gasteiger partial charge in [0, 0.05) is 5.56 Å². The molecule has 0 N–H and O–H groups in total. The van der Waals surface area contributed by atoms with E-state index in [1.54, 1.807) is 4.57 Å². The molecule has 0 amide bonds. The monoisotopic (exact) mass is 218 g/mol. The zero-order valence-electron chi connectivity index (χ0n) is 9.70. The van der Waals surface area contributed by atoms with Crippen LogP contribution in [0.2, 0.25) is 0 Å². The normalized spacial score (nSPS) is 17.8. The molecule has 2 heterocycles. The molecule has 0 saturated heterocycles. The largest absolute Gasteiger partial charge is 0.473 e. The first-order valence-corrected chi connectivity index (χ1v) is 5.43. The van der Waals surface area contributed by atoms with E-state index in [4.69, 9.17) is 10.00 Å². The van der Waals surface area contributed by atoms with Crippen molar-refractivity contribution in [2.75, 3.05) is 0 Å². The van der Waals surface area contributed by atoms with Crippen molar-refractivity contribution in [1.29, 1.82) is 5.26 Å². The molecule has 0 radical (unpaired) electrons. The van der Waals surface area contributed by atoms with Crippen LogP contribution in [-0.4, -0.2) is 10.7 Å². The molecule has 2 rings (SSSR count). The first kappa shape index (κ1) is 10.7. The lowest BCUT2D eigenvalue weighted by Gasteiger charge is -2.10. The molecule has 4 heteroatoms. The maximum atomic E-state index is 12.1.